The van der Waals surface area contributed by atoms with Gasteiger partial charge in [-0.3, -0.25) is 4.79 Å². The van der Waals surface area contributed by atoms with Crippen LogP contribution in [0.25, 0.3) is 0 Å². The molecule has 132 valence electrons. The smallest absolute Gasteiger partial charge is 0.410 e. The second-order valence-electron chi connectivity index (χ2n) is 6.88. The van der Waals surface area contributed by atoms with Crippen molar-refractivity contribution < 1.29 is 18.7 Å². The molecule has 2 rings (SSSR count). The highest BCUT2D eigenvalue weighted by atomic mass is 79.9. The molecule has 0 radical (unpaired) electrons. The van der Waals surface area contributed by atoms with E-state index in [0.717, 1.165) is 0 Å². The number of hydrogen-bond donors (Lipinski definition) is 1. The Labute approximate surface area is 148 Å². The molecule has 2 amide bonds. The second kappa shape index (κ2) is 6.66. The Morgan fingerprint density at radius 3 is 2.42 bits per heavy atom. The largest absolute Gasteiger partial charge is 0.444 e. The van der Waals surface area contributed by atoms with E-state index in [0.29, 0.717) is 4.60 Å². The van der Waals surface area contributed by atoms with Crippen LogP contribution in [0.15, 0.2) is 16.7 Å². The number of likely N-dealkylation sites (tertiary alicyclic amines) is 1. The predicted octanol–water partition coefficient (Wildman–Crippen LogP) is 2.74. The molecule has 8 heteroatoms. The Balaban J connectivity index is 2.23. The van der Waals surface area contributed by atoms with Gasteiger partial charge in [-0.1, -0.05) is 0 Å². The first-order valence-corrected chi connectivity index (χ1v) is 8.45. The Morgan fingerprint density at radius 2 is 1.92 bits per heavy atom. The van der Waals surface area contributed by atoms with Crippen molar-refractivity contribution in [2.45, 2.75) is 44.6 Å². The van der Waals surface area contributed by atoms with Gasteiger partial charge >= 0.3 is 6.09 Å². The number of nitrogens with zero attached hydrogens (tertiary/aromatic N) is 2. The van der Waals surface area contributed by atoms with E-state index in [1.807, 2.05) is 0 Å². The van der Waals surface area contributed by atoms with Gasteiger partial charge in [0.25, 0.3) is 0 Å². The molecule has 1 aromatic heterocycles. The van der Waals surface area contributed by atoms with Gasteiger partial charge in [0, 0.05) is 13.1 Å². The molecule has 0 bridgehead atoms. The summed E-state index contributed by atoms with van der Waals surface area (Å²) in [6.07, 6.45) is -0.0626. The molecule has 0 saturated carbocycles. The highest BCUT2D eigenvalue weighted by Crippen LogP contribution is 2.36. The minimum atomic E-state index is -1.23. The summed E-state index contributed by atoms with van der Waals surface area (Å²) in [5, 5.41) is 0. The Bertz CT molecular complexity index is 652. The normalized spacial score (nSPS) is 17.5. The number of amides is 2. The molecular weight excluding hydrogens is 381 g/mol. The zero-order valence-electron chi connectivity index (χ0n) is 13.9. The van der Waals surface area contributed by atoms with E-state index >= 15 is 0 Å². The predicted molar refractivity (Wildman–Crippen MR) is 89.8 cm³/mol. The summed E-state index contributed by atoms with van der Waals surface area (Å²) in [4.78, 5) is 29.9. The molecule has 0 aromatic carbocycles. The third-order valence-electron chi connectivity index (χ3n) is 4.01. The van der Waals surface area contributed by atoms with Crippen LogP contribution in [-0.2, 0) is 14.9 Å². The van der Waals surface area contributed by atoms with Crippen molar-refractivity contribution in [3.8, 4) is 0 Å². The summed E-state index contributed by atoms with van der Waals surface area (Å²) in [5.74, 6) is -1.22. The number of piperidine rings is 1. The quantitative estimate of drug-likeness (QED) is 0.771. The molecule has 1 saturated heterocycles. The fraction of sp³-hybridized carbons (Fsp3) is 0.562. The van der Waals surface area contributed by atoms with Crippen molar-refractivity contribution in [1.29, 1.82) is 0 Å². The van der Waals surface area contributed by atoms with Crippen LogP contribution in [0, 0.1) is 5.82 Å². The molecule has 0 atom stereocenters. The molecule has 6 nitrogen and oxygen atoms in total. The Hall–Kier alpha value is -1.70. The standard InChI is InChI=1S/C16H21BrFN3O3/c1-15(2,3)24-14(23)21-8-6-16(7-9-21,13(19)22)12-10(18)4-5-11(17)20-12/h4-5H,6-9H2,1-3H3,(H2,19,22). The average molecular weight is 402 g/mol. The first-order chi connectivity index (χ1) is 11.0. The number of carbonyl (C=O) groups excluding carboxylic acids is 2. The van der Waals surface area contributed by atoms with E-state index in [2.05, 4.69) is 20.9 Å². The molecule has 24 heavy (non-hydrogen) atoms. The number of hydrogen-bond acceptors (Lipinski definition) is 4. The molecule has 1 aromatic rings. The van der Waals surface area contributed by atoms with Gasteiger partial charge in [-0.2, -0.15) is 0 Å². The number of ether oxygens (including phenoxy) is 1. The van der Waals surface area contributed by atoms with Gasteiger partial charge in [0.2, 0.25) is 5.91 Å². The van der Waals surface area contributed by atoms with Crippen molar-refractivity contribution in [2.24, 2.45) is 5.73 Å². The SMILES string of the molecule is CC(C)(C)OC(=O)N1CCC(C(N)=O)(c2nc(Br)ccc2F)CC1. The van der Waals surface area contributed by atoms with Gasteiger partial charge in [-0.15, -0.1) is 0 Å². The lowest BCUT2D eigenvalue weighted by molar-refractivity contribution is -0.125. The second-order valence-corrected chi connectivity index (χ2v) is 7.69. The maximum atomic E-state index is 14.2. The van der Waals surface area contributed by atoms with Crippen LogP contribution >= 0.6 is 15.9 Å². The van der Waals surface area contributed by atoms with Crippen molar-refractivity contribution >= 4 is 27.9 Å². The van der Waals surface area contributed by atoms with Crippen molar-refractivity contribution in [3.05, 3.63) is 28.2 Å². The van der Waals surface area contributed by atoms with Crippen molar-refractivity contribution in [2.75, 3.05) is 13.1 Å². The minimum Gasteiger partial charge on any atom is -0.444 e. The highest BCUT2D eigenvalue weighted by molar-refractivity contribution is 9.10. The molecular formula is C16H21BrFN3O3. The van der Waals surface area contributed by atoms with Crippen LogP contribution in [0.3, 0.4) is 0 Å². The van der Waals surface area contributed by atoms with Crippen molar-refractivity contribution in [3.63, 3.8) is 0 Å². The molecule has 1 aliphatic rings. The first kappa shape index (κ1) is 18.6. The molecule has 2 heterocycles. The molecule has 1 aliphatic heterocycles. The maximum Gasteiger partial charge on any atom is 0.410 e. The van der Waals surface area contributed by atoms with Gasteiger partial charge in [-0.25, -0.2) is 14.2 Å². The van der Waals surface area contributed by atoms with E-state index in [4.69, 9.17) is 10.5 Å². The topological polar surface area (TPSA) is 85.5 Å². The van der Waals surface area contributed by atoms with Gasteiger partial charge in [0.1, 0.15) is 16.0 Å². The summed E-state index contributed by atoms with van der Waals surface area (Å²) < 4.78 is 20.0. The molecule has 1 fully saturated rings. The Morgan fingerprint density at radius 1 is 1.33 bits per heavy atom. The number of carbonyl (C=O) groups is 2. The van der Waals surface area contributed by atoms with E-state index in [1.54, 1.807) is 20.8 Å². The van der Waals surface area contributed by atoms with Crippen LogP contribution in [0.1, 0.15) is 39.3 Å². The summed E-state index contributed by atoms with van der Waals surface area (Å²) in [7, 11) is 0. The van der Waals surface area contributed by atoms with E-state index < -0.39 is 28.8 Å². The van der Waals surface area contributed by atoms with E-state index in [-0.39, 0.29) is 31.6 Å². The zero-order chi connectivity index (χ0) is 18.1. The number of nitrogens with two attached hydrogens (primary N) is 1. The lowest BCUT2D eigenvalue weighted by Gasteiger charge is -2.39. The monoisotopic (exact) mass is 401 g/mol. The molecule has 0 spiro atoms. The van der Waals surface area contributed by atoms with E-state index in [1.165, 1.54) is 17.0 Å². The number of rotatable bonds is 2. The lowest BCUT2D eigenvalue weighted by Crippen LogP contribution is -2.52. The molecule has 0 unspecified atom stereocenters. The van der Waals surface area contributed by atoms with Crippen LogP contribution in [0.2, 0.25) is 0 Å². The van der Waals surface area contributed by atoms with E-state index in [9.17, 15) is 14.0 Å². The van der Waals surface area contributed by atoms with Gasteiger partial charge in [-0.05, 0) is 61.7 Å². The summed E-state index contributed by atoms with van der Waals surface area (Å²) in [6.45, 7) is 5.83. The third-order valence-corrected chi connectivity index (χ3v) is 4.45. The lowest BCUT2D eigenvalue weighted by atomic mass is 9.74. The number of halogens is 2. The average Bonchev–Trinajstić information content (AvgIpc) is 2.48. The van der Waals surface area contributed by atoms with Crippen LogP contribution in [-0.4, -0.2) is 40.6 Å². The van der Waals surface area contributed by atoms with Crippen LogP contribution in [0.4, 0.5) is 9.18 Å². The van der Waals surface area contributed by atoms with Gasteiger partial charge in [0.05, 0.1) is 11.1 Å². The zero-order valence-corrected chi connectivity index (χ0v) is 15.5. The summed E-state index contributed by atoms with van der Waals surface area (Å²) in [5.41, 5.74) is 3.77. The Kier molecular flexibility index (Phi) is 5.17. The molecule has 0 aliphatic carbocycles. The van der Waals surface area contributed by atoms with Gasteiger partial charge in [0.15, 0.2) is 0 Å². The highest BCUT2D eigenvalue weighted by Gasteiger charge is 2.46. The summed E-state index contributed by atoms with van der Waals surface area (Å²) in [6, 6.07) is 2.71. The first-order valence-electron chi connectivity index (χ1n) is 7.65. The number of primary amides is 1. The van der Waals surface area contributed by atoms with Gasteiger partial charge < -0.3 is 15.4 Å². The fourth-order valence-electron chi connectivity index (χ4n) is 2.75. The maximum absolute atomic E-state index is 14.2. The van der Waals surface area contributed by atoms with Crippen LogP contribution < -0.4 is 5.73 Å². The molecule has 2 N–H and O–H groups in total. The third kappa shape index (κ3) is 3.85. The number of aromatic nitrogens is 1. The van der Waals surface area contributed by atoms with Crippen LogP contribution in [0.5, 0.6) is 0 Å². The minimum absolute atomic E-state index is 0.0215. The number of pyridine rings is 1. The van der Waals surface area contributed by atoms with Crippen molar-refractivity contribution in [1.82, 2.24) is 9.88 Å². The fourth-order valence-corrected chi connectivity index (χ4v) is 3.06. The summed E-state index contributed by atoms with van der Waals surface area (Å²) >= 11 is 3.19.